The third-order valence-electron chi connectivity index (χ3n) is 1.65. The first-order chi connectivity index (χ1) is 6.26. The van der Waals surface area contributed by atoms with E-state index in [1.54, 1.807) is 24.3 Å². The highest BCUT2D eigenvalue weighted by molar-refractivity contribution is 14.1. The first-order valence-corrected chi connectivity index (χ1v) is 4.86. The fourth-order valence-electron chi connectivity index (χ4n) is 0.970. The molecule has 1 atom stereocenters. The second-order valence-electron chi connectivity index (χ2n) is 2.65. The fraction of sp³-hybridized carbons (Fsp3) is 0.222. The Balaban J connectivity index is 2.63. The van der Waals surface area contributed by atoms with Gasteiger partial charge < -0.3 is 5.11 Å². The molecule has 0 spiro atoms. The molecule has 0 aliphatic carbocycles. The van der Waals surface area contributed by atoms with E-state index in [1.165, 1.54) is 0 Å². The van der Waals surface area contributed by atoms with Gasteiger partial charge in [-0.3, -0.25) is 4.79 Å². The maximum atomic E-state index is 10.4. The van der Waals surface area contributed by atoms with Crippen molar-refractivity contribution >= 4 is 29.2 Å². The van der Waals surface area contributed by atoms with Crippen molar-refractivity contribution in [3.8, 4) is 5.75 Å². The number of phenols is 1. The lowest BCUT2D eigenvalue weighted by atomic mass is 10.1. The van der Waals surface area contributed by atoms with Gasteiger partial charge in [0.15, 0.2) is 0 Å². The first-order valence-electron chi connectivity index (χ1n) is 3.78. The zero-order valence-corrected chi connectivity index (χ0v) is 8.98. The van der Waals surface area contributed by atoms with Crippen LogP contribution in [0.2, 0.25) is 0 Å². The normalized spacial score (nSPS) is 12.4. The number of carbonyl (C=O) groups excluding carboxylic acids is 1. The van der Waals surface area contributed by atoms with Crippen LogP contribution in [0.4, 0.5) is 0 Å². The molecule has 0 fully saturated rings. The maximum Gasteiger partial charge on any atom is 0.217 e. The molecule has 1 aromatic rings. The number of nitrogens with one attached hydrogen (secondary N) is 1. The molecular formula is C9H9INO2. The van der Waals surface area contributed by atoms with Crippen LogP contribution in [0.25, 0.3) is 0 Å². The summed E-state index contributed by atoms with van der Waals surface area (Å²) in [4.78, 5) is 10.4. The summed E-state index contributed by atoms with van der Waals surface area (Å²) in [6.45, 7) is 0. The average Bonchev–Trinajstić information content (AvgIpc) is 2.17. The summed E-state index contributed by atoms with van der Waals surface area (Å²) in [5.41, 5.74) is 0.996. The van der Waals surface area contributed by atoms with Gasteiger partial charge in [-0.05, 0) is 24.1 Å². The second kappa shape index (κ2) is 5.18. The zero-order chi connectivity index (χ0) is 9.68. The van der Waals surface area contributed by atoms with Crippen molar-refractivity contribution in [1.82, 2.24) is 3.53 Å². The van der Waals surface area contributed by atoms with Crippen molar-refractivity contribution in [2.24, 2.45) is 0 Å². The summed E-state index contributed by atoms with van der Waals surface area (Å²) < 4.78 is 2.80. The van der Waals surface area contributed by atoms with Crippen molar-refractivity contribution < 1.29 is 9.90 Å². The van der Waals surface area contributed by atoms with Crippen LogP contribution in [-0.4, -0.2) is 17.4 Å². The van der Waals surface area contributed by atoms with Crippen molar-refractivity contribution in [2.45, 2.75) is 12.5 Å². The maximum absolute atomic E-state index is 10.4. The van der Waals surface area contributed by atoms with Gasteiger partial charge in [-0.1, -0.05) is 12.1 Å². The molecule has 0 amide bonds. The smallest absolute Gasteiger partial charge is 0.217 e. The number of hydrogen-bond donors (Lipinski definition) is 2. The summed E-state index contributed by atoms with van der Waals surface area (Å²) in [5, 5.41) is 9.01. The molecule has 0 aliphatic heterocycles. The van der Waals surface area contributed by atoms with Gasteiger partial charge in [0.25, 0.3) is 0 Å². The highest BCUT2D eigenvalue weighted by atomic mass is 127. The molecule has 0 saturated heterocycles. The molecule has 4 heteroatoms. The third-order valence-corrected chi connectivity index (χ3v) is 2.40. The lowest BCUT2D eigenvalue weighted by Gasteiger charge is -2.06. The van der Waals surface area contributed by atoms with Crippen LogP contribution in [0, 0.1) is 0 Å². The van der Waals surface area contributed by atoms with Gasteiger partial charge in [-0.15, -0.1) is 0 Å². The Kier molecular flexibility index (Phi) is 4.17. The monoisotopic (exact) mass is 290 g/mol. The molecule has 0 aliphatic rings. The van der Waals surface area contributed by atoms with Crippen molar-refractivity contribution in [3.05, 3.63) is 29.8 Å². The SMILES string of the molecule is O=[C][C@H](Cc1ccc(O)cc1)NI. The third kappa shape index (κ3) is 3.31. The lowest BCUT2D eigenvalue weighted by molar-refractivity contribution is 0.475. The zero-order valence-electron chi connectivity index (χ0n) is 6.83. The molecule has 13 heavy (non-hydrogen) atoms. The predicted octanol–water partition coefficient (Wildman–Crippen LogP) is 1.35. The molecule has 0 heterocycles. The minimum Gasteiger partial charge on any atom is -0.508 e. The molecule has 69 valence electrons. The Morgan fingerprint density at radius 1 is 1.46 bits per heavy atom. The molecule has 0 aromatic heterocycles. The van der Waals surface area contributed by atoms with Crippen LogP contribution in [0.1, 0.15) is 5.56 Å². The van der Waals surface area contributed by atoms with Crippen LogP contribution >= 0.6 is 22.9 Å². The van der Waals surface area contributed by atoms with Crippen LogP contribution in [0.3, 0.4) is 0 Å². The van der Waals surface area contributed by atoms with Crippen molar-refractivity contribution in [2.75, 3.05) is 0 Å². The van der Waals surface area contributed by atoms with E-state index in [4.69, 9.17) is 5.11 Å². The van der Waals surface area contributed by atoms with E-state index < -0.39 is 0 Å². The van der Waals surface area contributed by atoms with Gasteiger partial charge in [0.1, 0.15) is 5.75 Å². The molecule has 2 N–H and O–H groups in total. The van der Waals surface area contributed by atoms with E-state index in [-0.39, 0.29) is 11.8 Å². The molecular weight excluding hydrogens is 281 g/mol. The Morgan fingerprint density at radius 3 is 2.54 bits per heavy atom. The van der Waals surface area contributed by atoms with E-state index in [2.05, 4.69) is 3.53 Å². The van der Waals surface area contributed by atoms with Gasteiger partial charge in [0.2, 0.25) is 6.29 Å². The van der Waals surface area contributed by atoms with Gasteiger partial charge >= 0.3 is 0 Å². The molecule has 1 rings (SSSR count). The largest absolute Gasteiger partial charge is 0.508 e. The van der Waals surface area contributed by atoms with Gasteiger partial charge in [0.05, 0.1) is 6.04 Å². The van der Waals surface area contributed by atoms with Crippen LogP contribution in [0.5, 0.6) is 5.75 Å². The van der Waals surface area contributed by atoms with Crippen LogP contribution in [-0.2, 0) is 11.2 Å². The first kappa shape index (κ1) is 10.5. The Hall–Kier alpha value is -0.620. The number of aromatic hydroxyl groups is 1. The van der Waals surface area contributed by atoms with Gasteiger partial charge in [-0.2, -0.15) is 0 Å². The predicted molar refractivity (Wildman–Crippen MR) is 58.4 cm³/mol. The fourth-order valence-corrected chi connectivity index (χ4v) is 1.32. The second-order valence-corrected chi connectivity index (χ2v) is 3.27. The topological polar surface area (TPSA) is 49.3 Å². The summed E-state index contributed by atoms with van der Waals surface area (Å²) in [6.07, 6.45) is 2.47. The highest BCUT2D eigenvalue weighted by Gasteiger charge is 2.06. The lowest BCUT2D eigenvalue weighted by Crippen LogP contribution is -2.24. The van der Waals surface area contributed by atoms with E-state index in [0.717, 1.165) is 5.56 Å². The molecule has 1 aromatic carbocycles. The van der Waals surface area contributed by atoms with Crippen LogP contribution < -0.4 is 3.53 Å². The molecule has 0 saturated carbocycles. The summed E-state index contributed by atoms with van der Waals surface area (Å²) in [7, 11) is 0. The highest BCUT2D eigenvalue weighted by Crippen LogP contribution is 2.10. The number of phenolic OH excluding ortho intramolecular Hbond substituents is 1. The standard InChI is InChI=1S/C9H9INO2/c10-11-8(6-12)5-7-1-3-9(13)4-2-7/h1-4,8,11,13H,5H2/t8-/m0/s1. The Bertz CT molecular complexity index is 273. The number of hydrogen-bond acceptors (Lipinski definition) is 3. The summed E-state index contributed by atoms with van der Waals surface area (Å²) >= 11 is 1.92. The van der Waals surface area contributed by atoms with Gasteiger partial charge in [0, 0.05) is 22.9 Å². The minimum absolute atomic E-state index is 0.234. The Labute approximate surface area is 90.7 Å². The van der Waals surface area contributed by atoms with E-state index in [0.29, 0.717) is 6.42 Å². The summed E-state index contributed by atoms with van der Waals surface area (Å²) in [6, 6.07) is 6.49. The van der Waals surface area contributed by atoms with E-state index >= 15 is 0 Å². The van der Waals surface area contributed by atoms with Crippen molar-refractivity contribution in [1.29, 1.82) is 0 Å². The molecule has 0 bridgehead atoms. The van der Waals surface area contributed by atoms with Crippen LogP contribution in [0.15, 0.2) is 24.3 Å². The van der Waals surface area contributed by atoms with Crippen molar-refractivity contribution in [3.63, 3.8) is 0 Å². The molecule has 0 unspecified atom stereocenters. The van der Waals surface area contributed by atoms with E-state index in [9.17, 15) is 4.79 Å². The molecule has 3 nitrogen and oxygen atoms in total. The number of halogens is 1. The quantitative estimate of drug-likeness (QED) is 0.650. The number of rotatable bonds is 4. The number of benzene rings is 1. The summed E-state index contributed by atoms with van der Waals surface area (Å²) in [5.74, 6) is 0.234. The average molecular weight is 290 g/mol. The molecule has 1 radical (unpaired) electrons. The van der Waals surface area contributed by atoms with E-state index in [1.807, 2.05) is 29.2 Å². The minimum atomic E-state index is -0.287. The van der Waals surface area contributed by atoms with Gasteiger partial charge in [-0.25, -0.2) is 3.53 Å². The Morgan fingerprint density at radius 2 is 2.08 bits per heavy atom.